The highest BCUT2D eigenvalue weighted by molar-refractivity contribution is 7.71. The Hall–Kier alpha value is -1.29. The van der Waals surface area contributed by atoms with E-state index < -0.39 is 0 Å². The SMILES string of the molecule is CCCOc1cccc2c1[nH]c(=S)n2C(C)C(C)C. The zero-order valence-electron chi connectivity index (χ0n) is 12.1. The molecule has 0 aliphatic carbocycles. The Balaban J connectivity index is 2.56. The van der Waals surface area contributed by atoms with Gasteiger partial charge in [0.15, 0.2) is 4.77 Å². The van der Waals surface area contributed by atoms with Gasteiger partial charge in [0, 0.05) is 6.04 Å². The first-order chi connectivity index (χ1) is 9.06. The third-order valence-electron chi connectivity index (χ3n) is 3.55. The summed E-state index contributed by atoms with van der Waals surface area (Å²) in [5.41, 5.74) is 2.13. The van der Waals surface area contributed by atoms with E-state index in [2.05, 4.69) is 43.3 Å². The Bertz CT molecular complexity index is 612. The number of hydrogen-bond acceptors (Lipinski definition) is 2. The molecule has 2 aromatic rings. The number of nitrogens with zero attached hydrogens (tertiary/aromatic N) is 1. The van der Waals surface area contributed by atoms with E-state index in [1.807, 2.05) is 12.1 Å². The normalized spacial score (nSPS) is 13.1. The molecule has 19 heavy (non-hydrogen) atoms. The summed E-state index contributed by atoms with van der Waals surface area (Å²) in [6.07, 6.45) is 1.00. The van der Waals surface area contributed by atoms with Gasteiger partial charge in [0.25, 0.3) is 0 Å². The summed E-state index contributed by atoms with van der Waals surface area (Å²) in [6.45, 7) is 9.46. The second kappa shape index (κ2) is 5.78. The number of benzene rings is 1. The van der Waals surface area contributed by atoms with Crippen LogP contribution in [0.2, 0.25) is 0 Å². The molecule has 0 aliphatic rings. The Morgan fingerprint density at radius 3 is 2.68 bits per heavy atom. The predicted molar refractivity (Wildman–Crippen MR) is 82.5 cm³/mol. The maximum atomic E-state index is 5.79. The molecule has 2 rings (SSSR count). The van der Waals surface area contributed by atoms with Crippen LogP contribution in [-0.2, 0) is 0 Å². The van der Waals surface area contributed by atoms with Crippen LogP contribution in [0.15, 0.2) is 18.2 Å². The van der Waals surface area contributed by atoms with Gasteiger partial charge < -0.3 is 14.3 Å². The molecule has 1 unspecified atom stereocenters. The molecule has 4 heteroatoms. The lowest BCUT2D eigenvalue weighted by Gasteiger charge is -2.18. The van der Waals surface area contributed by atoms with Crippen molar-refractivity contribution < 1.29 is 4.74 Å². The number of nitrogens with one attached hydrogen (secondary N) is 1. The van der Waals surface area contributed by atoms with Crippen molar-refractivity contribution in [2.24, 2.45) is 5.92 Å². The highest BCUT2D eigenvalue weighted by atomic mass is 32.1. The first kappa shape index (κ1) is 14.1. The van der Waals surface area contributed by atoms with Crippen LogP contribution in [0.4, 0.5) is 0 Å². The molecule has 1 atom stereocenters. The second-order valence-electron chi connectivity index (χ2n) is 5.28. The van der Waals surface area contributed by atoms with Gasteiger partial charge in [0.05, 0.1) is 12.1 Å². The average Bonchev–Trinajstić information content (AvgIpc) is 2.71. The van der Waals surface area contributed by atoms with E-state index in [1.165, 1.54) is 0 Å². The Morgan fingerprint density at radius 2 is 2.05 bits per heavy atom. The fourth-order valence-electron chi connectivity index (χ4n) is 2.16. The van der Waals surface area contributed by atoms with E-state index in [1.54, 1.807) is 0 Å². The topological polar surface area (TPSA) is 29.9 Å². The molecule has 0 amide bonds. The van der Waals surface area contributed by atoms with Gasteiger partial charge in [-0.2, -0.15) is 0 Å². The molecule has 0 fully saturated rings. The van der Waals surface area contributed by atoms with E-state index in [4.69, 9.17) is 17.0 Å². The van der Waals surface area contributed by atoms with Crippen LogP contribution < -0.4 is 4.74 Å². The molecule has 1 heterocycles. The molecular formula is C15H22N2OS. The summed E-state index contributed by atoms with van der Waals surface area (Å²) in [5.74, 6) is 1.42. The summed E-state index contributed by atoms with van der Waals surface area (Å²) >= 11 is 5.47. The number of H-pyrrole nitrogens is 1. The van der Waals surface area contributed by atoms with Crippen molar-refractivity contribution >= 4 is 23.3 Å². The van der Waals surface area contributed by atoms with Crippen molar-refractivity contribution in [1.82, 2.24) is 9.55 Å². The summed E-state index contributed by atoms with van der Waals surface area (Å²) < 4.78 is 8.74. The lowest BCUT2D eigenvalue weighted by molar-refractivity contribution is 0.320. The van der Waals surface area contributed by atoms with Crippen molar-refractivity contribution in [3.63, 3.8) is 0 Å². The molecule has 0 bridgehead atoms. The fourth-order valence-corrected chi connectivity index (χ4v) is 2.52. The smallest absolute Gasteiger partial charge is 0.178 e. The van der Waals surface area contributed by atoms with Crippen LogP contribution in [0, 0.1) is 10.7 Å². The van der Waals surface area contributed by atoms with Crippen LogP contribution >= 0.6 is 12.2 Å². The third kappa shape index (κ3) is 2.68. The highest BCUT2D eigenvalue weighted by Gasteiger charge is 2.16. The molecule has 1 aromatic carbocycles. The quantitative estimate of drug-likeness (QED) is 0.803. The zero-order valence-corrected chi connectivity index (χ0v) is 12.9. The molecule has 0 saturated carbocycles. The minimum atomic E-state index is 0.364. The maximum Gasteiger partial charge on any atom is 0.178 e. The summed E-state index contributed by atoms with van der Waals surface area (Å²) in [7, 11) is 0. The molecule has 1 N–H and O–H groups in total. The van der Waals surface area contributed by atoms with Crippen molar-refractivity contribution in [2.45, 2.75) is 40.2 Å². The van der Waals surface area contributed by atoms with Crippen LogP contribution in [0.3, 0.4) is 0 Å². The van der Waals surface area contributed by atoms with E-state index >= 15 is 0 Å². The van der Waals surface area contributed by atoms with E-state index in [-0.39, 0.29) is 0 Å². The number of ether oxygens (including phenoxy) is 1. The van der Waals surface area contributed by atoms with Gasteiger partial charge >= 0.3 is 0 Å². The van der Waals surface area contributed by atoms with Crippen molar-refractivity contribution in [1.29, 1.82) is 0 Å². The molecule has 3 nitrogen and oxygen atoms in total. The molecule has 1 aromatic heterocycles. The second-order valence-corrected chi connectivity index (χ2v) is 5.67. The van der Waals surface area contributed by atoms with Gasteiger partial charge in [0.1, 0.15) is 11.3 Å². The van der Waals surface area contributed by atoms with Gasteiger partial charge in [-0.1, -0.05) is 26.8 Å². The fraction of sp³-hybridized carbons (Fsp3) is 0.533. The van der Waals surface area contributed by atoms with Crippen LogP contribution in [0.5, 0.6) is 5.75 Å². The Labute approximate surface area is 119 Å². The zero-order chi connectivity index (χ0) is 14.0. The van der Waals surface area contributed by atoms with Crippen LogP contribution in [-0.4, -0.2) is 16.2 Å². The lowest BCUT2D eigenvalue weighted by atomic mass is 10.1. The largest absolute Gasteiger partial charge is 0.491 e. The van der Waals surface area contributed by atoms with Crippen LogP contribution in [0.25, 0.3) is 11.0 Å². The monoisotopic (exact) mass is 278 g/mol. The lowest BCUT2D eigenvalue weighted by Crippen LogP contribution is -2.11. The number of rotatable bonds is 5. The van der Waals surface area contributed by atoms with E-state index in [9.17, 15) is 0 Å². The van der Waals surface area contributed by atoms with E-state index in [0.29, 0.717) is 12.0 Å². The summed E-state index contributed by atoms with van der Waals surface area (Å²) in [5, 5.41) is 0. The number of para-hydroxylation sites is 1. The molecule has 0 saturated heterocycles. The summed E-state index contributed by atoms with van der Waals surface area (Å²) in [4.78, 5) is 3.29. The highest BCUT2D eigenvalue weighted by Crippen LogP contribution is 2.29. The summed E-state index contributed by atoms with van der Waals surface area (Å²) in [6, 6.07) is 6.48. The van der Waals surface area contributed by atoms with Gasteiger partial charge in [-0.15, -0.1) is 0 Å². The van der Waals surface area contributed by atoms with Gasteiger partial charge in [-0.05, 0) is 43.6 Å². The number of aromatic amines is 1. The van der Waals surface area contributed by atoms with Gasteiger partial charge in [-0.25, -0.2) is 0 Å². The molecule has 0 spiro atoms. The third-order valence-corrected chi connectivity index (χ3v) is 3.85. The first-order valence-corrected chi connectivity index (χ1v) is 7.33. The molecular weight excluding hydrogens is 256 g/mol. The predicted octanol–water partition coefficient (Wildman–Crippen LogP) is 4.70. The molecule has 0 aliphatic heterocycles. The van der Waals surface area contributed by atoms with Crippen molar-refractivity contribution in [2.75, 3.05) is 6.61 Å². The van der Waals surface area contributed by atoms with Gasteiger partial charge in [-0.3, -0.25) is 0 Å². The average molecular weight is 278 g/mol. The first-order valence-electron chi connectivity index (χ1n) is 6.92. The maximum absolute atomic E-state index is 5.79. The number of fused-ring (bicyclic) bond motifs is 1. The minimum Gasteiger partial charge on any atom is -0.491 e. The Morgan fingerprint density at radius 1 is 1.32 bits per heavy atom. The number of hydrogen-bond donors (Lipinski definition) is 1. The minimum absolute atomic E-state index is 0.364. The molecule has 104 valence electrons. The number of imidazole rings is 1. The Kier molecular flexibility index (Phi) is 4.30. The van der Waals surface area contributed by atoms with E-state index in [0.717, 1.165) is 34.6 Å². The van der Waals surface area contributed by atoms with Gasteiger partial charge in [0.2, 0.25) is 0 Å². The van der Waals surface area contributed by atoms with Crippen LogP contribution in [0.1, 0.15) is 40.2 Å². The van der Waals surface area contributed by atoms with Crippen molar-refractivity contribution in [3.05, 3.63) is 23.0 Å². The standard InChI is InChI=1S/C15H22N2OS/c1-5-9-18-13-8-6-7-12-14(13)16-15(19)17(12)11(4)10(2)3/h6-8,10-11H,5,9H2,1-4H3,(H,16,19). The van der Waals surface area contributed by atoms with Crippen molar-refractivity contribution in [3.8, 4) is 5.75 Å². The molecule has 0 radical (unpaired) electrons. The number of aromatic nitrogens is 2.